The molecule has 0 bridgehead atoms. The van der Waals surface area contributed by atoms with Crippen molar-refractivity contribution < 1.29 is 4.74 Å². The summed E-state index contributed by atoms with van der Waals surface area (Å²) in [5.41, 5.74) is 1.26. The summed E-state index contributed by atoms with van der Waals surface area (Å²) in [4.78, 5) is 0. The maximum Gasteiger partial charge on any atom is 0.147 e. The van der Waals surface area contributed by atoms with E-state index in [2.05, 4.69) is 56.2 Å². The number of halogens is 2. The van der Waals surface area contributed by atoms with Gasteiger partial charge in [0.1, 0.15) is 5.75 Å². The molecule has 0 aliphatic heterocycles. The maximum absolute atomic E-state index is 5.57. The van der Waals surface area contributed by atoms with Crippen molar-refractivity contribution >= 4 is 31.9 Å². The predicted molar refractivity (Wildman–Crippen MR) is 84.2 cm³/mol. The largest absolute Gasteiger partial charge is 0.492 e. The zero-order chi connectivity index (χ0) is 13.4. The van der Waals surface area contributed by atoms with Gasteiger partial charge in [0.25, 0.3) is 0 Å². The van der Waals surface area contributed by atoms with Gasteiger partial charge in [0, 0.05) is 6.54 Å². The molecule has 0 atom stereocenters. The van der Waals surface area contributed by atoms with Gasteiger partial charge in [0.15, 0.2) is 0 Å². The Hall–Kier alpha value is -0.0600. The summed E-state index contributed by atoms with van der Waals surface area (Å²) in [6, 6.07) is 4.23. The molecule has 0 fully saturated rings. The summed E-state index contributed by atoms with van der Waals surface area (Å²) in [5.74, 6) is 0.882. The van der Waals surface area contributed by atoms with Crippen molar-refractivity contribution in [3.63, 3.8) is 0 Å². The SMILES string of the molecule is CCCCCNCc1cc(Br)c(OCC)c(Br)c1. The summed E-state index contributed by atoms with van der Waals surface area (Å²) in [6.07, 6.45) is 3.81. The molecular formula is C14H21Br2NO. The smallest absolute Gasteiger partial charge is 0.147 e. The van der Waals surface area contributed by atoms with Gasteiger partial charge in [-0.05, 0) is 69.4 Å². The molecule has 18 heavy (non-hydrogen) atoms. The van der Waals surface area contributed by atoms with Crippen molar-refractivity contribution in [3.05, 3.63) is 26.6 Å². The Kier molecular flexibility index (Phi) is 7.95. The Balaban J connectivity index is 2.52. The first-order valence-electron chi connectivity index (χ1n) is 6.50. The summed E-state index contributed by atoms with van der Waals surface area (Å²) >= 11 is 7.10. The highest BCUT2D eigenvalue weighted by Gasteiger charge is 2.08. The van der Waals surface area contributed by atoms with E-state index in [1.165, 1.54) is 24.8 Å². The van der Waals surface area contributed by atoms with Gasteiger partial charge < -0.3 is 10.1 Å². The first-order valence-corrected chi connectivity index (χ1v) is 8.09. The molecule has 0 saturated carbocycles. The lowest BCUT2D eigenvalue weighted by atomic mass is 10.2. The van der Waals surface area contributed by atoms with Crippen molar-refractivity contribution in [3.8, 4) is 5.75 Å². The lowest BCUT2D eigenvalue weighted by Crippen LogP contribution is -2.14. The van der Waals surface area contributed by atoms with Crippen LogP contribution in [0.5, 0.6) is 5.75 Å². The number of unbranched alkanes of at least 4 members (excludes halogenated alkanes) is 2. The molecule has 1 N–H and O–H groups in total. The van der Waals surface area contributed by atoms with Crippen molar-refractivity contribution in [2.45, 2.75) is 39.7 Å². The molecule has 1 aromatic carbocycles. The highest BCUT2D eigenvalue weighted by Crippen LogP contribution is 2.34. The second kappa shape index (κ2) is 8.94. The zero-order valence-corrected chi connectivity index (χ0v) is 14.2. The molecule has 0 saturated heterocycles. The van der Waals surface area contributed by atoms with Crippen molar-refractivity contribution in [2.24, 2.45) is 0 Å². The van der Waals surface area contributed by atoms with E-state index in [1.807, 2.05) is 6.92 Å². The molecule has 0 aliphatic rings. The van der Waals surface area contributed by atoms with Crippen LogP contribution in [-0.2, 0) is 6.54 Å². The Labute approximate surface area is 127 Å². The van der Waals surface area contributed by atoms with E-state index < -0.39 is 0 Å². The van der Waals surface area contributed by atoms with Crippen LogP contribution in [0, 0.1) is 0 Å². The number of rotatable bonds is 8. The molecular weight excluding hydrogens is 358 g/mol. The van der Waals surface area contributed by atoms with E-state index in [1.54, 1.807) is 0 Å². The summed E-state index contributed by atoms with van der Waals surface area (Å²) < 4.78 is 7.57. The number of nitrogens with one attached hydrogen (secondary N) is 1. The number of ether oxygens (including phenoxy) is 1. The van der Waals surface area contributed by atoms with Crippen LogP contribution in [0.25, 0.3) is 0 Å². The second-order valence-electron chi connectivity index (χ2n) is 4.21. The lowest BCUT2D eigenvalue weighted by molar-refractivity contribution is 0.336. The molecule has 0 heterocycles. The third kappa shape index (κ3) is 5.29. The van der Waals surface area contributed by atoms with E-state index in [0.717, 1.165) is 27.8 Å². The molecule has 1 aromatic rings. The van der Waals surface area contributed by atoms with Crippen LogP contribution >= 0.6 is 31.9 Å². The molecule has 1 rings (SSSR count). The Morgan fingerprint density at radius 1 is 1.11 bits per heavy atom. The average Bonchev–Trinajstić information content (AvgIpc) is 2.33. The van der Waals surface area contributed by atoms with Crippen LogP contribution in [0.15, 0.2) is 21.1 Å². The van der Waals surface area contributed by atoms with Crippen LogP contribution in [0.4, 0.5) is 0 Å². The van der Waals surface area contributed by atoms with Crippen molar-refractivity contribution in [2.75, 3.05) is 13.2 Å². The standard InChI is InChI=1S/C14H21Br2NO/c1-3-5-6-7-17-10-11-8-12(15)14(18-4-2)13(16)9-11/h8-9,17H,3-7,10H2,1-2H3. The first kappa shape index (κ1) is 16.0. The van der Waals surface area contributed by atoms with E-state index in [-0.39, 0.29) is 0 Å². The van der Waals surface area contributed by atoms with E-state index >= 15 is 0 Å². The minimum Gasteiger partial charge on any atom is -0.492 e. The quantitative estimate of drug-likeness (QED) is 0.650. The summed E-state index contributed by atoms with van der Waals surface area (Å²) in [6.45, 7) is 6.86. The molecule has 0 amide bonds. The molecule has 0 unspecified atom stereocenters. The Morgan fingerprint density at radius 3 is 2.33 bits per heavy atom. The third-order valence-electron chi connectivity index (χ3n) is 2.63. The van der Waals surface area contributed by atoms with Crippen LogP contribution in [0.2, 0.25) is 0 Å². The molecule has 0 aliphatic carbocycles. The first-order chi connectivity index (χ1) is 8.69. The molecule has 0 spiro atoms. The number of benzene rings is 1. The number of hydrogen-bond donors (Lipinski definition) is 1. The van der Waals surface area contributed by atoms with Crippen LogP contribution in [0.3, 0.4) is 0 Å². The van der Waals surface area contributed by atoms with Gasteiger partial charge in [-0.15, -0.1) is 0 Å². The fourth-order valence-electron chi connectivity index (χ4n) is 1.73. The molecule has 102 valence electrons. The van der Waals surface area contributed by atoms with Crippen LogP contribution < -0.4 is 10.1 Å². The van der Waals surface area contributed by atoms with E-state index in [4.69, 9.17) is 4.74 Å². The molecule has 4 heteroatoms. The fraction of sp³-hybridized carbons (Fsp3) is 0.571. The normalized spacial score (nSPS) is 10.7. The molecule has 0 aromatic heterocycles. The van der Waals surface area contributed by atoms with Crippen molar-refractivity contribution in [1.29, 1.82) is 0 Å². The zero-order valence-electron chi connectivity index (χ0n) is 11.1. The average molecular weight is 379 g/mol. The minimum absolute atomic E-state index is 0.672. The Bertz CT molecular complexity index is 346. The van der Waals surface area contributed by atoms with Crippen LogP contribution in [-0.4, -0.2) is 13.2 Å². The lowest BCUT2D eigenvalue weighted by Gasteiger charge is -2.11. The highest BCUT2D eigenvalue weighted by molar-refractivity contribution is 9.11. The minimum atomic E-state index is 0.672. The predicted octanol–water partition coefficient (Wildman–Crippen LogP) is 4.89. The fourth-order valence-corrected chi connectivity index (χ4v) is 3.24. The van der Waals surface area contributed by atoms with E-state index in [9.17, 15) is 0 Å². The molecule has 0 radical (unpaired) electrons. The number of hydrogen-bond acceptors (Lipinski definition) is 2. The summed E-state index contributed by atoms with van der Waals surface area (Å²) in [7, 11) is 0. The van der Waals surface area contributed by atoms with Gasteiger partial charge in [-0.25, -0.2) is 0 Å². The van der Waals surface area contributed by atoms with Crippen molar-refractivity contribution in [1.82, 2.24) is 5.32 Å². The summed E-state index contributed by atoms with van der Waals surface area (Å²) in [5, 5.41) is 3.46. The highest BCUT2D eigenvalue weighted by atomic mass is 79.9. The van der Waals surface area contributed by atoms with Gasteiger partial charge in [-0.3, -0.25) is 0 Å². The third-order valence-corrected chi connectivity index (χ3v) is 3.81. The van der Waals surface area contributed by atoms with Gasteiger partial charge in [-0.1, -0.05) is 19.8 Å². The monoisotopic (exact) mass is 377 g/mol. The Morgan fingerprint density at radius 2 is 1.78 bits per heavy atom. The van der Waals surface area contributed by atoms with E-state index in [0.29, 0.717) is 6.61 Å². The van der Waals surface area contributed by atoms with Crippen LogP contribution in [0.1, 0.15) is 38.7 Å². The topological polar surface area (TPSA) is 21.3 Å². The molecule has 2 nitrogen and oxygen atoms in total. The van der Waals surface area contributed by atoms with Gasteiger partial charge >= 0.3 is 0 Å². The maximum atomic E-state index is 5.57. The van der Waals surface area contributed by atoms with Gasteiger partial charge in [0.2, 0.25) is 0 Å². The van der Waals surface area contributed by atoms with Gasteiger partial charge in [-0.2, -0.15) is 0 Å². The second-order valence-corrected chi connectivity index (χ2v) is 5.91. The van der Waals surface area contributed by atoms with Gasteiger partial charge in [0.05, 0.1) is 15.6 Å².